The van der Waals surface area contributed by atoms with E-state index in [4.69, 9.17) is 0 Å². The van der Waals surface area contributed by atoms with Gasteiger partial charge >= 0.3 is 5.97 Å². The molecule has 4 rings (SSSR count). The van der Waals surface area contributed by atoms with E-state index < -0.39 is 5.97 Å². The summed E-state index contributed by atoms with van der Waals surface area (Å²) in [6.07, 6.45) is 19.7. The molecule has 0 aliphatic heterocycles. The molecule has 5 nitrogen and oxygen atoms in total. The monoisotopic (exact) mass is 538 g/mol. The number of benzene rings is 1. The molecule has 0 heterocycles. The summed E-state index contributed by atoms with van der Waals surface area (Å²) in [5.41, 5.74) is 2.28. The molecule has 0 bridgehead atoms. The highest BCUT2D eigenvalue weighted by atomic mass is 16.4. The third-order valence-electron chi connectivity index (χ3n) is 10.1. The van der Waals surface area contributed by atoms with Gasteiger partial charge in [-0.1, -0.05) is 64.0 Å². The molecule has 2 unspecified atom stereocenters. The summed E-state index contributed by atoms with van der Waals surface area (Å²) in [4.78, 5) is 29.0. The van der Waals surface area contributed by atoms with Crippen molar-refractivity contribution in [1.82, 2.24) is 4.90 Å². The number of hydrogen-bond acceptors (Lipinski definition) is 3. The van der Waals surface area contributed by atoms with E-state index in [-0.39, 0.29) is 18.2 Å². The average Bonchev–Trinajstić information content (AvgIpc) is 2.96. The van der Waals surface area contributed by atoms with Crippen LogP contribution < -0.4 is 4.90 Å². The summed E-state index contributed by atoms with van der Waals surface area (Å²) in [7, 11) is 1.88. The minimum Gasteiger partial charge on any atom is -0.481 e. The average molecular weight is 539 g/mol. The first kappa shape index (κ1) is 30.1. The Morgan fingerprint density at radius 3 is 1.95 bits per heavy atom. The molecule has 0 aromatic heterocycles. The molecule has 5 heteroatoms. The Kier molecular flexibility index (Phi) is 11.7. The predicted molar refractivity (Wildman–Crippen MR) is 160 cm³/mol. The second-order valence-electron chi connectivity index (χ2n) is 13.1. The van der Waals surface area contributed by atoms with E-state index in [9.17, 15) is 14.7 Å². The smallest absolute Gasteiger partial charge is 0.303 e. The molecule has 218 valence electrons. The number of anilines is 1. The SMILES string of the molecule is CCCCC(=O)N(C)c1ccc(C2CC(CC(=O)O)CC[C@H]2N(CC2CCCCC2)CC2CCCCC2)cc1. The van der Waals surface area contributed by atoms with Gasteiger partial charge in [-0.15, -0.1) is 0 Å². The van der Waals surface area contributed by atoms with Crippen LogP contribution in [0.3, 0.4) is 0 Å². The Morgan fingerprint density at radius 2 is 1.41 bits per heavy atom. The Bertz CT molecular complexity index is 868. The van der Waals surface area contributed by atoms with Crippen LogP contribution in [0.15, 0.2) is 24.3 Å². The number of hydrogen-bond donors (Lipinski definition) is 1. The molecule has 3 atom stereocenters. The Balaban J connectivity index is 1.55. The van der Waals surface area contributed by atoms with Crippen molar-refractivity contribution in [3.63, 3.8) is 0 Å². The van der Waals surface area contributed by atoms with Gasteiger partial charge in [0.2, 0.25) is 5.91 Å². The van der Waals surface area contributed by atoms with Gasteiger partial charge in [0.05, 0.1) is 0 Å². The number of aliphatic carboxylic acids is 1. The summed E-state index contributed by atoms with van der Waals surface area (Å²) in [6, 6.07) is 9.18. The Morgan fingerprint density at radius 1 is 0.821 bits per heavy atom. The number of carboxylic acid groups (broad SMARTS) is 1. The first-order chi connectivity index (χ1) is 18.9. The van der Waals surface area contributed by atoms with Crippen LogP contribution in [0.1, 0.15) is 128 Å². The van der Waals surface area contributed by atoms with Crippen molar-refractivity contribution < 1.29 is 14.7 Å². The van der Waals surface area contributed by atoms with Gasteiger partial charge in [0.25, 0.3) is 0 Å². The molecule has 3 saturated carbocycles. The molecule has 1 N–H and O–H groups in total. The van der Waals surface area contributed by atoms with Crippen LogP contribution in [0.2, 0.25) is 0 Å². The number of rotatable bonds is 12. The molecule has 39 heavy (non-hydrogen) atoms. The van der Waals surface area contributed by atoms with E-state index in [1.807, 2.05) is 7.05 Å². The topological polar surface area (TPSA) is 60.9 Å². The predicted octanol–water partition coefficient (Wildman–Crippen LogP) is 8.03. The third-order valence-corrected chi connectivity index (χ3v) is 10.1. The number of unbranched alkanes of at least 4 members (excludes halogenated alkanes) is 1. The lowest BCUT2D eigenvalue weighted by molar-refractivity contribution is -0.138. The van der Waals surface area contributed by atoms with E-state index in [2.05, 4.69) is 36.1 Å². The van der Waals surface area contributed by atoms with Crippen LogP contribution in [0, 0.1) is 17.8 Å². The van der Waals surface area contributed by atoms with Crippen LogP contribution in [0.25, 0.3) is 0 Å². The van der Waals surface area contributed by atoms with E-state index >= 15 is 0 Å². The van der Waals surface area contributed by atoms with E-state index in [0.29, 0.717) is 18.4 Å². The van der Waals surface area contributed by atoms with Crippen LogP contribution in [-0.2, 0) is 9.59 Å². The Labute approximate surface area is 237 Å². The van der Waals surface area contributed by atoms with E-state index in [0.717, 1.165) is 49.6 Å². The first-order valence-corrected chi connectivity index (χ1v) is 16.3. The van der Waals surface area contributed by atoms with Gasteiger partial charge in [0.1, 0.15) is 0 Å². The van der Waals surface area contributed by atoms with Crippen molar-refractivity contribution in [1.29, 1.82) is 0 Å². The van der Waals surface area contributed by atoms with Crippen molar-refractivity contribution in [2.75, 3.05) is 25.0 Å². The van der Waals surface area contributed by atoms with Gasteiger partial charge < -0.3 is 10.0 Å². The molecule has 3 aliphatic carbocycles. The van der Waals surface area contributed by atoms with Gasteiger partial charge in [0, 0.05) is 44.7 Å². The molecular weight excluding hydrogens is 484 g/mol. The van der Waals surface area contributed by atoms with Crippen molar-refractivity contribution in [2.24, 2.45) is 17.8 Å². The molecule has 3 fully saturated rings. The van der Waals surface area contributed by atoms with Crippen LogP contribution in [0.5, 0.6) is 0 Å². The number of carbonyl (C=O) groups is 2. The summed E-state index contributed by atoms with van der Waals surface area (Å²) in [6.45, 7) is 4.55. The first-order valence-electron chi connectivity index (χ1n) is 16.3. The van der Waals surface area contributed by atoms with Crippen LogP contribution in [-0.4, -0.2) is 48.1 Å². The van der Waals surface area contributed by atoms with E-state index in [1.54, 1.807) is 4.90 Å². The highest BCUT2D eigenvalue weighted by molar-refractivity contribution is 5.92. The van der Waals surface area contributed by atoms with E-state index in [1.165, 1.54) is 82.9 Å². The lowest BCUT2D eigenvalue weighted by Crippen LogP contribution is -2.47. The zero-order valence-electron chi connectivity index (χ0n) is 24.8. The van der Waals surface area contributed by atoms with Crippen LogP contribution in [0.4, 0.5) is 5.69 Å². The van der Waals surface area contributed by atoms with Gasteiger partial charge in [0.15, 0.2) is 0 Å². The number of amides is 1. The zero-order chi connectivity index (χ0) is 27.6. The highest BCUT2D eigenvalue weighted by Crippen LogP contribution is 2.42. The molecule has 3 aliphatic rings. The van der Waals surface area contributed by atoms with Gasteiger partial charge in [-0.25, -0.2) is 0 Å². The van der Waals surface area contributed by atoms with Gasteiger partial charge in [-0.3, -0.25) is 14.5 Å². The molecule has 0 saturated heterocycles. The lowest BCUT2D eigenvalue weighted by Gasteiger charge is -2.46. The standard InChI is InChI=1S/C34H54N2O3/c1-3-4-15-33(37)35(2)30-19-17-29(18-20-30)31-22-28(23-34(38)39)16-21-32(31)36(24-26-11-7-5-8-12-26)25-27-13-9-6-10-14-27/h17-20,26-28,31-32H,3-16,21-25H2,1-2H3,(H,38,39)/t28?,31?,32-/m1/s1. The van der Waals surface area contributed by atoms with Crippen molar-refractivity contribution in [2.45, 2.75) is 128 Å². The summed E-state index contributed by atoms with van der Waals surface area (Å²) in [5.74, 6) is 1.72. The fourth-order valence-electron chi connectivity index (χ4n) is 7.80. The van der Waals surface area contributed by atoms with Crippen molar-refractivity contribution >= 4 is 17.6 Å². The number of nitrogens with zero attached hydrogens (tertiary/aromatic N) is 2. The largest absolute Gasteiger partial charge is 0.481 e. The Hall–Kier alpha value is -1.88. The quantitative estimate of drug-likeness (QED) is 0.293. The minimum atomic E-state index is -0.666. The molecule has 1 aromatic carbocycles. The third kappa shape index (κ3) is 8.80. The second-order valence-corrected chi connectivity index (χ2v) is 13.1. The zero-order valence-corrected chi connectivity index (χ0v) is 24.8. The highest BCUT2D eigenvalue weighted by Gasteiger charge is 2.37. The molecular formula is C34H54N2O3. The lowest BCUT2D eigenvalue weighted by atomic mass is 9.72. The van der Waals surface area contributed by atoms with Gasteiger partial charge in [-0.05, 0) is 92.7 Å². The normalized spacial score (nSPS) is 25.1. The molecule has 1 amide bonds. The van der Waals surface area contributed by atoms with Crippen molar-refractivity contribution in [3.05, 3.63) is 29.8 Å². The maximum atomic E-state index is 12.6. The maximum Gasteiger partial charge on any atom is 0.303 e. The van der Waals surface area contributed by atoms with Crippen molar-refractivity contribution in [3.8, 4) is 0 Å². The summed E-state index contributed by atoms with van der Waals surface area (Å²) in [5, 5.41) is 9.59. The van der Waals surface area contributed by atoms with Gasteiger partial charge in [-0.2, -0.15) is 0 Å². The molecule has 0 spiro atoms. The fraction of sp³-hybridized carbons (Fsp3) is 0.765. The molecule has 1 aromatic rings. The summed E-state index contributed by atoms with van der Waals surface area (Å²) >= 11 is 0. The fourth-order valence-corrected chi connectivity index (χ4v) is 7.80. The second kappa shape index (κ2) is 15.2. The molecule has 0 radical (unpaired) electrons. The maximum absolute atomic E-state index is 12.6. The minimum absolute atomic E-state index is 0.174. The summed E-state index contributed by atoms with van der Waals surface area (Å²) < 4.78 is 0. The number of carbonyl (C=O) groups excluding carboxylic acids is 1. The number of carboxylic acids is 1. The van der Waals surface area contributed by atoms with Crippen LogP contribution >= 0.6 is 0 Å².